The maximum Gasteiger partial charge on any atom is 0.424 e. The molecule has 0 aliphatic carbocycles. The molecule has 1 aromatic carbocycles. The number of aryl methyl sites for hydroxylation is 1. The lowest BCUT2D eigenvalue weighted by Crippen LogP contribution is -2.48. The zero-order chi connectivity index (χ0) is 19.7. The van der Waals surface area contributed by atoms with Crippen LogP contribution in [0.2, 0.25) is 0 Å². The van der Waals surface area contributed by atoms with E-state index in [4.69, 9.17) is 0 Å². The van der Waals surface area contributed by atoms with Gasteiger partial charge in [0.05, 0.1) is 6.42 Å². The smallest absolute Gasteiger partial charge is 0.374 e. The van der Waals surface area contributed by atoms with Crippen LogP contribution >= 0.6 is 11.3 Å². The molecule has 3 rings (SSSR count). The Morgan fingerprint density at radius 1 is 1.26 bits per heavy atom. The van der Waals surface area contributed by atoms with Crippen LogP contribution in [0.3, 0.4) is 0 Å². The average molecular weight is 398 g/mol. The second-order valence-electron chi connectivity index (χ2n) is 6.89. The van der Waals surface area contributed by atoms with Crippen molar-refractivity contribution in [3.05, 3.63) is 52.0 Å². The van der Waals surface area contributed by atoms with Gasteiger partial charge in [-0.05, 0) is 31.2 Å². The van der Waals surface area contributed by atoms with Crippen molar-refractivity contribution in [2.75, 3.05) is 13.1 Å². The maximum atomic E-state index is 13.6. The largest absolute Gasteiger partial charge is 0.424 e. The Kier molecular flexibility index (Phi) is 5.58. The molecule has 4 nitrogen and oxygen atoms in total. The lowest BCUT2D eigenvalue weighted by atomic mass is 9.89. The number of aromatic nitrogens is 1. The van der Waals surface area contributed by atoms with E-state index in [1.54, 1.807) is 6.92 Å². The molecule has 1 fully saturated rings. The van der Waals surface area contributed by atoms with E-state index in [-0.39, 0.29) is 0 Å². The zero-order valence-electron chi connectivity index (χ0n) is 14.9. The van der Waals surface area contributed by atoms with Crippen LogP contribution in [-0.4, -0.2) is 40.2 Å². The number of thiazole rings is 1. The fourth-order valence-corrected chi connectivity index (χ4v) is 4.27. The van der Waals surface area contributed by atoms with E-state index in [2.05, 4.69) is 4.98 Å². The second kappa shape index (κ2) is 7.59. The third-order valence-corrected chi connectivity index (χ3v) is 6.08. The molecule has 8 heteroatoms. The molecule has 1 aliphatic heterocycles. The molecule has 2 heterocycles. The molecular formula is C19H21F3N2O2S. The lowest BCUT2D eigenvalue weighted by Gasteiger charge is -2.35. The van der Waals surface area contributed by atoms with E-state index in [9.17, 15) is 23.1 Å². The minimum absolute atomic E-state index is 0.290. The number of alkyl halides is 3. The fourth-order valence-electron chi connectivity index (χ4n) is 3.36. The number of benzene rings is 1. The number of halogens is 3. The van der Waals surface area contributed by atoms with Crippen molar-refractivity contribution in [3.63, 3.8) is 0 Å². The van der Waals surface area contributed by atoms with Crippen molar-refractivity contribution in [1.82, 2.24) is 9.88 Å². The first kappa shape index (κ1) is 19.8. The van der Waals surface area contributed by atoms with Crippen LogP contribution in [0, 0.1) is 6.92 Å². The summed E-state index contributed by atoms with van der Waals surface area (Å²) in [5.74, 6) is -0.410. The van der Waals surface area contributed by atoms with Gasteiger partial charge in [-0.15, -0.1) is 11.3 Å². The first-order chi connectivity index (χ1) is 12.7. The topological polar surface area (TPSA) is 53.4 Å². The van der Waals surface area contributed by atoms with E-state index >= 15 is 0 Å². The van der Waals surface area contributed by atoms with Crippen LogP contribution in [0.4, 0.5) is 13.2 Å². The Morgan fingerprint density at radius 3 is 2.41 bits per heavy atom. The highest BCUT2D eigenvalue weighted by Crippen LogP contribution is 2.43. The van der Waals surface area contributed by atoms with Gasteiger partial charge in [-0.2, -0.15) is 13.2 Å². The summed E-state index contributed by atoms with van der Waals surface area (Å²) in [6, 6.07) is 9.88. The molecule has 0 bridgehead atoms. The summed E-state index contributed by atoms with van der Waals surface area (Å²) < 4.78 is 40.7. The van der Waals surface area contributed by atoms with Crippen molar-refractivity contribution in [1.29, 1.82) is 0 Å². The summed E-state index contributed by atoms with van der Waals surface area (Å²) in [7, 11) is 0. The Labute approximate surface area is 159 Å². The summed E-state index contributed by atoms with van der Waals surface area (Å²) in [5.41, 5.74) is -1.69. The molecule has 0 unspecified atom stereocenters. The van der Waals surface area contributed by atoms with Crippen molar-refractivity contribution in [2.45, 2.75) is 43.9 Å². The average Bonchev–Trinajstić information content (AvgIpc) is 3.08. The molecule has 27 heavy (non-hydrogen) atoms. The third kappa shape index (κ3) is 4.16. The number of carbonyl (C=O) groups excluding carboxylic acids is 1. The van der Waals surface area contributed by atoms with Gasteiger partial charge in [-0.1, -0.05) is 30.3 Å². The molecule has 1 amide bonds. The minimum Gasteiger partial charge on any atom is -0.374 e. The number of carbonyl (C=O) groups is 1. The molecule has 1 aliphatic rings. The number of amides is 1. The Morgan fingerprint density at radius 2 is 1.89 bits per heavy atom. The van der Waals surface area contributed by atoms with E-state index < -0.39 is 29.1 Å². The number of hydrogen-bond acceptors (Lipinski definition) is 4. The van der Waals surface area contributed by atoms with Gasteiger partial charge in [0.2, 0.25) is 11.5 Å². The second-order valence-corrected chi connectivity index (χ2v) is 7.75. The molecule has 146 valence electrons. The summed E-state index contributed by atoms with van der Waals surface area (Å²) in [6.45, 7) is 2.30. The normalized spacial score (nSPS) is 18.3. The van der Waals surface area contributed by atoms with Gasteiger partial charge >= 0.3 is 6.18 Å². The molecule has 0 spiro atoms. The van der Waals surface area contributed by atoms with Crippen LogP contribution in [0.15, 0.2) is 35.7 Å². The van der Waals surface area contributed by atoms with Crippen LogP contribution in [0.1, 0.15) is 41.4 Å². The van der Waals surface area contributed by atoms with Gasteiger partial charge in [-0.25, -0.2) is 4.98 Å². The number of hydrogen-bond donors (Lipinski definition) is 1. The maximum absolute atomic E-state index is 13.6. The Bertz CT molecular complexity index is 786. The summed E-state index contributed by atoms with van der Waals surface area (Å²) in [5, 5.41) is 11.3. The highest BCUT2D eigenvalue weighted by atomic mass is 32.1. The van der Waals surface area contributed by atoms with E-state index in [1.165, 1.54) is 15.8 Å². The molecule has 1 aromatic heterocycles. The summed E-state index contributed by atoms with van der Waals surface area (Å²) in [4.78, 5) is 17.7. The van der Waals surface area contributed by atoms with Gasteiger partial charge in [0.1, 0.15) is 5.01 Å². The number of piperidine rings is 1. The van der Waals surface area contributed by atoms with E-state index in [0.717, 1.165) is 11.3 Å². The molecule has 0 saturated carbocycles. The lowest BCUT2D eigenvalue weighted by molar-refractivity contribution is -0.268. The van der Waals surface area contributed by atoms with Crippen LogP contribution in [0.5, 0.6) is 0 Å². The first-order valence-electron chi connectivity index (χ1n) is 8.75. The molecule has 2 aromatic rings. The summed E-state index contributed by atoms with van der Waals surface area (Å²) in [6.07, 6.45) is -4.64. The zero-order valence-corrected chi connectivity index (χ0v) is 15.7. The Hall–Kier alpha value is -1.93. The standard InChI is InChI=1S/C19H21F3N2O2S/c1-13-12-27-17(23-13)18(26,19(20,21)22)11-16(25)24-9-7-15(8-10-24)14-5-3-2-4-6-14/h2-6,12,15,26H,7-11H2,1H3/t18-/m1/s1. The number of rotatable bonds is 4. The van der Waals surface area contributed by atoms with Crippen LogP contribution < -0.4 is 0 Å². The monoisotopic (exact) mass is 398 g/mol. The van der Waals surface area contributed by atoms with Gasteiger partial charge in [0.25, 0.3) is 0 Å². The molecule has 1 saturated heterocycles. The minimum atomic E-state index is -4.98. The third-order valence-electron chi connectivity index (χ3n) is 4.97. The van der Waals surface area contributed by atoms with Gasteiger partial charge in [0, 0.05) is 24.2 Å². The predicted molar refractivity (Wildman–Crippen MR) is 96.4 cm³/mol. The number of likely N-dealkylation sites (tertiary alicyclic amines) is 1. The van der Waals surface area contributed by atoms with Crippen molar-refractivity contribution in [2.24, 2.45) is 0 Å². The van der Waals surface area contributed by atoms with E-state index in [0.29, 0.717) is 37.5 Å². The van der Waals surface area contributed by atoms with Gasteiger partial charge in [0.15, 0.2) is 0 Å². The SMILES string of the molecule is Cc1csc([C@](O)(CC(=O)N2CCC(c3ccccc3)CC2)C(F)(F)F)n1. The quantitative estimate of drug-likeness (QED) is 0.847. The Balaban J connectivity index is 1.69. The van der Waals surface area contributed by atoms with Crippen LogP contribution in [-0.2, 0) is 10.4 Å². The highest BCUT2D eigenvalue weighted by molar-refractivity contribution is 7.09. The van der Waals surface area contributed by atoms with Gasteiger partial charge in [-0.3, -0.25) is 4.79 Å². The van der Waals surface area contributed by atoms with Crippen molar-refractivity contribution < 1.29 is 23.1 Å². The molecule has 0 radical (unpaired) electrons. The number of nitrogens with zero attached hydrogens (tertiary/aromatic N) is 2. The van der Waals surface area contributed by atoms with Crippen molar-refractivity contribution in [3.8, 4) is 0 Å². The first-order valence-corrected chi connectivity index (χ1v) is 9.63. The molecule has 1 N–H and O–H groups in total. The number of aliphatic hydroxyl groups is 1. The highest BCUT2D eigenvalue weighted by Gasteiger charge is 2.58. The van der Waals surface area contributed by atoms with Gasteiger partial charge < -0.3 is 10.0 Å². The van der Waals surface area contributed by atoms with Crippen molar-refractivity contribution >= 4 is 17.2 Å². The predicted octanol–water partition coefficient (Wildman–Crippen LogP) is 4.00. The van der Waals surface area contributed by atoms with Crippen LogP contribution in [0.25, 0.3) is 0 Å². The fraction of sp³-hybridized carbons (Fsp3) is 0.474. The molecular weight excluding hydrogens is 377 g/mol. The van der Waals surface area contributed by atoms with E-state index in [1.807, 2.05) is 30.3 Å². The molecule has 1 atom stereocenters. The summed E-state index contributed by atoms with van der Waals surface area (Å²) >= 11 is 0.718.